The van der Waals surface area contributed by atoms with Crippen LogP contribution in [0.15, 0.2) is 15.6 Å². The van der Waals surface area contributed by atoms with E-state index in [-0.39, 0.29) is 6.42 Å². The van der Waals surface area contributed by atoms with Crippen LogP contribution in [0.1, 0.15) is 22.0 Å². The highest BCUT2D eigenvalue weighted by Crippen LogP contribution is 2.33. The molecule has 0 aliphatic heterocycles. The van der Waals surface area contributed by atoms with Crippen molar-refractivity contribution in [2.75, 3.05) is 0 Å². The average Bonchev–Trinajstić information content (AvgIpc) is 2.64. The Kier molecular flexibility index (Phi) is 4.16. The van der Waals surface area contributed by atoms with Crippen LogP contribution < -0.4 is 0 Å². The van der Waals surface area contributed by atoms with Crippen molar-refractivity contribution in [3.63, 3.8) is 0 Å². The molecule has 2 rings (SSSR count). The number of hydrogen-bond donors (Lipinski definition) is 1. The fraction of sp³-hybridized carbons (Fsp3) is 0.333. The van der Waals surface area contributed by atoms with E-state index < -0.39 is 5.97 Å². The van der Waals surface area contributed by atoms with Crippen molar-refractivity contribution in [2.45, 2.75) is 36.6 Å². The summed E-state index contributed by atoms with van der Waals surface area (Å²) < 4.78 is 0.803. The molecule has 19 heavy (non-hydrogen) atoms. The molecule has 0 fully saturated rings. The van der Waals surface area contributed by atoms with E-state index >= 15 is 0 Å². The van der Waals surface area contributed by atoms with Crippen molar-refractivity contribution in [2.24, 2.45) is 0 Å². The fourth-order valence-corrected chi connectivity index (χ4v) is 3.67. The van der Waals surface area contributed by atoms with Crippen LogP contribution in [0.3, 0.4) is 0 Å². The van der Waals surface area contributed by atoms with Gasteiger partial charge >= 0.3 is 5.97 Å². The minimum absolute atomic E-state index is 0.0164. The van der Waals surface area contributed by atoms with Crippen LogP contribution in [-0.4, -0.2) is 26.0 Å². The number of carboxylic acids is 1. The smallest absolute Gasteiger partial charge is 0.308 e. The van der Waals surface area contributed by atoms with E-state index in [4.69, 9.17) is 5.11 Å². The first kappa shape index (κ1) is 14.0. The van der Waals surface area contributed by atoms with E-state index in [1.807, 2.05) is 20.8 Å². The highest BCUT2D eigenvalue weighted by Gasteiger charge is 2.13. The zero-order chi connectivity index (χ0) is 14.0. The average molecular weight is 295 g/mol. The van der Waals surface area contributed by atoms with Crippen molar-refractivity contribution in [3.05, 3.63) is 28.2 Å². The third-order valence-corrected chi connectivity index (χ3v) is 4.70. The topological polar surface area (TPSA) is 76.0 Å². The van der Waals surface area contributed by atoms with Crippen molar-refractivity contribution in [3.8, 4) is 0 Å². The lowest BCUT2D eigenvalue weighted by Gasteiger charge is -2.01. The highest BCUT2D eigenvalue weighted by molar-refractivity contribution is 8.01. The summed E-state index contributed by atoms with van der Waals surface area (Å²) in [6.45, 7) is 5.61. The molecule has 7 heteroatoms. The first-order valence-corrected chi connectivity index (χ1v) is 7.25. The molecule has 0 aromatic carbocycles. The second-order valence-corrected chi connectivity index (χ2v) is 6.38. The number of aryl methyl sites for hydroxylation is 3. The minimum atomic E-state index is -0.838. The van der Waals surface area contributed by atoms with Gasteiger partial charge in [-0.05, 0) is 32.5 Å². The zero-order valence-electron chi connectivity index (χ0n) is 10.8. The number of rotatable bonds is 4. The van der Waals surface area contributed by atoms with Crippen LogP contribution in [0, 0.1) is 20.8 Å². The maximum absolute atomic E-state index is 10.7. The van der Waals surface area contributed by atoms with Crippen molar-refractivity contribution in [1.82, 2.24) is 15.0 Å². The van der Waals surface area contributed by atoms with Gasteiger partial charge in [0.1, 0.15) is 5.03 Å². The Morgan fingerprint density at radius 3 is 2.74 bits per heavy atom. The summed E-state index contributed by atoms with van der Waals surface area (Å²) in [5.41, 5.74) is 2.48. The summed E-state index contributed by atoms with van der Waals surface area (Å²) in [5, 5.41) is 9.64. The van der Waals surface area contributed by atoms with Gasteiger partial charge in [0.25, 0.3) is 0 Å². The molecule has 0 amide bonds. The van der Waals surface area contributed by atoms with Gasteiger partial charge in [-0.25, -0.2) is 9.97 Å². The van der Waals surface area contributed by atoms with E-state index in [1.165, 1.54) is 23.1 Å². The number of hydrogen-bond acceptors (Lipinski definition) is 6. The summed E-state index contributed by atoms with van der Waals surface area (Å²) in [4.78, 5) is 24.6. The molecule has 0 atom stereocenters. The molecular formula is C12H13N3O2S2. The number of carboxylic acid groups (broad SMARTS) is 1. The molecule has 0 aliphatic carbocycles. The number of carbonyl (C=O) groups is 1. The summed E-state index contributed by atoms with van der Waals surface area (Å²) in [6.07, 6.45) is 1.74. The van der Waals surface area contributed by atoms with Crippen molar-refractivity contribution in [1.29, 1.82) is 0 Å². The summed E-state index contributed by atoms with van der Waals surface area (Å²) in [7, 11) is 0. The predicted molar refractivity (Wildman–Crippen MR) is 73.8 cm³/mol. The molecule has 0 unspecified atom stereocenters. The van der Waals surface area contributed by atoms with Gasteiger partial charge in [0, 0.05) is 11.1 Å². The second-order valence-electron chi connectivity index (χ2n) is 4.06. The normalized spacial score (nSPS) is 10.7. The molecule has 0 aliphatic rings. The zero-order valence-corrected chi connectivity index (χ0v) is 12.4. The van der Waals surface area contributed by atoms with Gasteiger partial charge in [0.05, 0.1) is 23.5 Å². The van der Waals surface area contributed by atoms with Gasteiger partial charge < -0.3 is 5.11 Å². The Hall–Kier alpha value is -1.47. The SMILES string of the molecule is Cc1cnc(C)c(Sc2nc(C)c(CC(=O)O)s2)n1. The van der Waals surface area contributed by atoms with E-state index in [1.54, 1.807) is 6.20 Å². The molecule has 2 aromatic rings. The van der Waals surface area contributed by atoms with Gasteiger partial charge in [-0.3, -0.25) is 9.78 Å². The first-order chi connectivity index (χ1) is 8.95. The van der Waals surface area contributed by atoms with Crippen LogP contribution in [-0.2, 0) is 11.2 Å². The Morgan fingerprint density at radius 2 is 2.05 bits per heavy atom. The molecule has 0 saturated carbocycles. The van der Waals surface area contributed by atoms with Gasteiger partial charge in [-0.2, -0.15) is 0 Å². The van der Waals surface area contributed by atoms with E-state index in [0.29, 0.717) is 0 Å². The van der Waals surface area contributed by atoms with E-state index in [9.17, 15) is 4.79 Å². The Balaban J connectivity index is 2.24. The predicted octanol–water partition coefficient (Wildman–Crippen LogP) is 2.64. The lowest BCUT2D eigenvalue weighted by molar-refractivity contribution is -0.136. The van der Waals surface area contributed by atoms with Crippen LogP contribution >= 0.6 is 23.1 Å². The van der Waals surface area contributed by atoms with Crippen LogP contribution in [0.2, 0.25) is 0 Å². The standard InChI is InChI=1S/C12H13N3O2S2/c1-6-5-13-8(3)11(14-6)19-12-15-7(2)9(18-12)4-10(16)17/h5H,4H2,1-3H3,(H,16,17). The Morgan fingerprint density at radius 1 is 1.32 bits per heavy atom. The van der Waals surface area contributed by atoms with E-state index in [0.717, 1.165) is 31.3 Å². The maximum atomic E-state index is 10.7. The van der Waals surface area contributed by atoms with E-state index in [2.05, 4.69) is 15.0 Å². The molecule has 0 radical (unpaired) electrons. The molecule has 2 aromatic heterocycles. The van der Waals surface area contributed by atoms with Crippen LogP contribution in [0.5, 0.6) is 0 Å². The number of aromatic nitrogens is 3. The minimum Gasteiger partial charge on any atom is -0.481 e. The molecule has 2 heterocycles. The lowest BCUT2D eigenvalue weighted by atomic mass is 10.3. The largest absolute Gasteiger partial charge is 0.481 e. The number of nitrogens with zero attached hydrogens (tertiary/aromatic N) is 3. The maximum Gasteiger partial charge on any atom is 0.308 e. The lowest BCUT2D eigenvalue weighted by Crippen LogP contribution is -1.99. The van der Waals surface area contributed by atoms with Crippen LogP contribution in [0.4, 0.5) is 0 Å². The molecule has 0 bridgehead atoms. The number of thiazole rings is 1. The van der Waals surface area contributed by atoms with Crippen LogP contribution in [0.25, 0.3) is 0 Å². The molecule has 5 nitrogen and oxygen atoms in total. The fourth-order valence-electron chi connectivity index (χ4n) is 1.44. The Labute approximate surface area is 119 Å². The monoisotopic (exact) mass is 295 g/mol. The first-order valence-electron chi connectivity index (χ1n) is 5.62. The van der Waals surface area contributed by atoms with Crippen molar-refractivity contribution >= 4 is 29.1 Å². The summed E-state index contributed by atoms with van der Waals surface area (Å²) in [6, 6.07) is 0. The summed E-state index contributed by atoms with van der Waals surface area (Å²) in [5.74, 6) is -0.838. The van der Waals surface area contributed by atoms with Gasteiger partial charge in [-0.1, -0.05) is 0 Å². The van der Waals surface area contributed by atoms with Gasteiger partial charge in [-0.15, -0.1) is 11.3 Å². The van der Waals surface area contributed by atoms with Crippen molar-refractivity contribution < 1.29 is 9.90 Å². The molecule has 0 saturated heterocycles. The quantitative estimate of drug-likeness (QED) is 0.934. The molecule has 0 spiro atoms. The second kappa shape index (κ2) is 5.66. The highest BCUT2D eigenvalue weighted by atomic mass is 32.2. The van der Waals surface area contributed by atoms with Gasteiger partial charge in [0.2, 0.25) is 0 Å². The third-order valence-electron chi connectivity index (χ3n) is 2.40. The molecule has 100 valence electrons. The third kappa shape index (κ3) is 3.51. The molecular weight excluding hydrogens is 282 g/mol. The summed E-state index contributed by atoms with van der Waals surface area (Å²) >= 11 is 2.83. The Bertz CT molecular complexity index is 625. The number of aliphatic carboxylic acids is 1. The van der Waals surface area contributed by atoms with Gasteiger partial charge in [0.15, 0.2) is 4.34 Å². The molecule has 1 N–H and O–H groups in total.